The first-order valence-electron chi connectivity index (χ1n) is 8.20. The summed E-state index contributed by atoms with van der Waals surface area (Å²) in [7, 11) is 0. The van der Waals surface area contributed by atoms with Crippen molar-refractivity contribution in [1.82, 2.24) is 10.2 Å². The molecule has 1 unspecified atom stereocenters. The average Bonchev–Trinajstić information content (AvgIpc) is 2.44. The summed E-state index contributed by atoms with van der Waals surface area (Å²) in [4.78, 5) is 2.56. The highest BCUT2D eigenvalue weighted by Crippen LogP contribution is 2.11. The third-order valence-electron chi connectivity index (χ3n) is 3.79. The molecular weight excluding hydrogens is 236 g/mol. The fourth-order valence-electron chi connectivity index (χ4n) is 2.15. The van der Waals surface area contributed by atoms with E-state index in [9.17, 15) is 5.11 Å². The normalized spacial score (nSPS) is 14.8. The molecule has 0 spiro atoms. The van der Waals surface area contributed by atoms with E-state index in [-0.39, 0.29) is 12.1 Å². The molecule has 0 bridgehead atoms. The molecule has 3 nitrogen and oxygen atoms in total. The Labute approximate surface area is 120 Å². The van der Waals surface area contributed by atoms with Crippen LogP contribution in [0.4, 0.5) is 0 Å². The number of unbranched alkanes of at least 4 members (excludes halogenated alkanes) is 2. The van der Waals surface area contributed by atoms with Gasteiger partial charge in [-0.25, -0.2) is 0 Å². The van der Waals surface area contributed by atoms with Gasteiger partial charge >= 0.3 is 0 Å². The molecule has 116 valence electrons. The largest absolute Gasteiger partial charge is 0.394 e. The molecule has 2 N–H and O–H groups in total. The SMILES string of the molecule is CCCCN(CCCC)CCC(C)(CO)NCCC. The van der Waals surface area contributed by atoms with Gasteiger partial charge in [-0.1, -0.05) is 33.6 Å². The molecular formula is C16H36N2O. The van der Waals surface area contributed by atoms with Gasteiger partial charge in [-0.3, -0.25) is 0 Å². The summed E-state index contributed by atoms with van der Waals surface area (Å²) in [5, 5.41) is 13.1. The van der Waals surface area contributed by atoms with Gasteiger partial charge in [0.25, 0.3) is 0 Å². The predicted octanol–water partition coefficient (Wildman–Crippen LogP) is 3.03. The van der Waals surface area contributed by atoms with Crippen molar-refractivity contribution in [3.63, 3.8) is 0 Å². The van der Waals surface area contributed by atoms with Crippen molar-refractivity contribution in [2.75, 3.05) is 32.8 Å². The third-order valence-corrected chi connectivity index (χ3v) is 3.79. The highest BCUT2D eigenvalue weighted by molar-refractivity contribution is 4.83. The van der Waals surface area contributed by atoms with Crippen LogP contribution in [-0.4, -0.2) is 48.3 Å². The summed E-state index contributed by atoms with van der Waals surface area (Å²) in [5.41, 5.74) is -0.118. The minimum Gasteiger partial charge on any atom is -0.394 e. The summed E-state index contributed by atoms with van der Waals surface area (Å²) in [5.74, 6) is 0. The molecule has 0 aliphatic heterocycles. The van der Waals surface area contributed by atoms with Crippen molar-refractivity contribution in [3.8, 4) is 0 Å². The lowest BCUT2D eigenvalue weighted by atomic mass is 9.98. The fraction of sp³-hybridized carbons (Fsp3) is 1.00. The highest BCUT2D eigenvalue weighted by atomic mass is 16.3. The maximum Gasteiger partial charge on any atom is 0.0611 e. The van der Waals surface area contributed by atoms with E-state index in [2.05, 4.69) is 37.9 Å². The summed E-state index contributed by atoms with van der Waals surface area (Å²) in [6, 6.07) is 0. The summed E-state index contributed by atoms with van der Waals surface area (Å²) in [6.45, 7) is 13.5. The molecule has 3 heteroatoms. The second kappa shape index (κ2) is 11.7. The molecule has 0 heterocycles. The molecule has 0 aromatic heterocycles. The molecule has 0 saturated heterocycles. The quantitative estimate of drug-likeness (QED) is 0.541. The molecule has 0 aromatic carbocycles. The van der Waals surface area contributed by atoms with Crippen LogP contribution in [0.5, 0.6) is 0 Å². The van der Waals surface area contributed by atoms with Gasteiger partial charge in [-0.15, -0.1) is 0 Å². The second-order valence-electron chi connectivity index (χ2n) is 5.94. The van der Waals surface area contributed by atoms with Crippen molar-refractivity contribution < 1.29 is 5.11 Å². The number of hydrogen-bond acceptors (Lipinski definition) is 3. The Balaban J connectivity index is 4.15. The third kappa shape index (κ3) is 9.42. The number of aliphatic hydroxyl groups is 1. The summed E-state index contributed by atoms with van der Waals surface area (Å²) in [6.07, 6.45) is 7.22. The summed E-state index contributed by atoms with van der Waals surface area (Å²) < 4.78 is 0. The number of nitrogens with zero attached hydrogens (tertiary/aromatic N) is 1. The van der Waals surface area contributed by atoms with Crippen LogP contribution in [0.2, 0.25) is 0 Å². The Kier molecular flexibility index (Phi) is 11.6. The lowest BCUT2D eigenvalue weighted by Gasteiger charge is -2.32. The van der Waals surface area contributed by atoms with Gasteiger partial charge in [0.2, 0.25) is 0 Å². The number of aliphatic hydroxyl groups excluding tert-OH is 1. The first kappa shape index (κ1) is 18.9. The van der Waals surface area contributed by atoms with Gasteiger partial charge in [0, 0.05) is 5.54 Å². The standard InChI is InChI=1S/C16H36N2O/c1-5-8-12-18(13-9-6-2)14-10-16(4,15-19)17-11-7-3/h17,19H,5-15H2,1-4H3. The lowest BCUT2D eigenvalue weighted by Crippen LogP contribution is -2.48. The van der Waals surface area contributed by atoms with E-state index in [1.165, 1.54) is 38.8 Å². The van der Waals surface area contributed by atoms with Gasteiger partial charge in [0.15, 0.2) is 0 Å². The number of hydrogen-bond donors (Lipinski definition) is 2. The van der Waals surface area contributed by atoms with E-state index >= 15 is 0 Å². The minimum atomic E-state index is -0.118. The van der Waals surface area contributed by atoms with Gasteiger partial charge < -0.3 is 15.3 Å². The predicted molar refractivity (Wildman–Crippen MR) is 84.7 cm³/mol. The molecule has 0 aromatic rings. The maximum atomic E-state index is 9.60. The lowest BCUT2D eigenvalue weighted by molar-refractivity contribution is 0.144. The van der Waals surface area contributed by atoms with Crippen LogP contribution in [-0.2, 0) is 0 Å². The Morgan fingerprint density at radius 1 is 0.947 bits per heavy atom. The van der Waals surface area contributed by atoms with E-state index in [0.717, 1.165) is 25.9 Å². The average molecular weight is 272 g/mol. The zero-order valence-electron chi connectivity index (χ0n) is 13.7. The molecule has 0 amide bonds. The van der Waals surface area contributed by atoms with E-state index < -0.39 is 0 Å². The van der Waals surface area contributed by atoms with Crippen LogP contribution in [0.3, 0.4) is 0 Å². The zero-order valence-corrected chi connectivity index (χ0v) is 13.7. The number of rotatable bonds is 13. The Hall–Kier alpha value is -0.120. The maximum absolute atomic E-state index is 9.60. The molecule has 0 rings (SSSR count). The van der Waals surface area contributed by atoms with Crippen LogP contribution < -0.4 is 5.32 Å². The van der Waals surface area contributed by atoms with Crippen LogP contribution in [0.1, 0.15) is 66.2 Å². The topological polar surface area (TPSA) is 35.5 Å². The molecule has 0 aliphatic rings. The first-order chi connectivity index (χ1) is 9.11. The monoisotopic (exact) mass is 272 g/mol. The van der Waals surface area contributed by atoms with Gasteiger partial charge in [0.1, 0.15) is 0 Å². The van der Waals surface area contributed by atoms with E-state index in [1.54, 1.807) is 0 Å². The molecule has 19 heavy (non-hydrogen) atoms. The van der Waals surface area contributed by atoms with Crippen LogP contribution >= 0.6 is 0 Å². The summed E-state index contributed by atoms with van der Waals surface area (Å²) >= 11 is 0. The van der Waals surface area contributed by atoms with Crippen molar-refractivity contribution in [2.24, 2.45) is 0 Å². The smallest absolute Gasteiger partial charge is 0.0611 e. The Morgan fingerprint density at radius 3 is 1.95 bits per heavy atom. The molecule has 0 fully saturated rings. The first-order valence-corrected chi connectivity index (χ1v) is 8.20. The highest BCUT2D eigenvalue weighted by Gasteiger charge is 2.22. The zero-order chi connectivity index (χ0) is 14.6. The molecule has 0 saturated carbocycles. The van der Waals surface area contributed by atoms with Crippen molar-refractivity contribution >= 4 is 0 Å². The van der Waals surface area contributed by atoms with Crippen molar-refractivity contribution in [3.05, 3.63) is 0 Å². The fourth-order valence-corrected chi connectivity index (χ4v) is 2.15. The van der Waals surface area contributed by atoms with Gasteiger partial charge in [-0.2, -0.15) is 0 Å². The Bertz CT molecular complexity index is 191. The molecule has 0 radical (unpaired) electrons. The minimum absolute atomic E-state index is 0.118. The van der Waals surface area contributed by atoms with Gasteiger partial charge in [0.05, 0.1) is 6.61 Å². The van der Waals surface area contributed by atoms with Gasteiger partial charge in [-0.05, 0) is 58.8 Å². The van der Waals surface area contributed by atoms with Crippen LogP contribution in [0.25, 0.3) is 0 Å². The van der Waals surface area contributed by atoms with Crippen LogP contribution in [0.15, 0.2) is 0 Å². The van der Waals surface area contributed by atoms with E-state index in [1.807, 2.05) is 0 Å². The van der Waals surface area contributed by atoms with Crippen molar-refractivity contribution in [2.45, 2.75) is 71.8 Å². The molecule has 0 aliphatic carbocycles. The van der Waals surface area contributed by atoms with Crippen LogP contribution in [0, 0.1) is 0 Å². The Morgan fingerprint density at radius 2 is 1.53 bits per heavy atom. The van der Waals surface area contributed by atoms with Crippen molar-refractivity contribution in [1.29, 1.82) is 0 Å². The van der Waals surface area contributed by atoms with E-state index in [4.69, 9.17) is 0 Å². The van der Waals surface area contributed by atoms with E-state index in [0.29, 0.717) is 0 Å². The number of nitrogens with one attached hydrogen (secondary N) is 1. The second-order valence-corrected chi connectivity index (χ2v) is 5.94. The molecule has 1 atom stereocenters.